The molecule has 0 atom stereocenters. The standard InChI is InChI=1S/C32H66O7/c1-3-5-7-8-9-10-11-12-13-14-15-16-17-18-20-34-22-24-36-26-28-38-30-32-39-31-29-37-27-25-35-23-21-33-19-6-4-2/h3-32H2,1-2H3. The van der Waals surface area contributed by atoms with E-state index in [9.17, 15) is 0 Å². The van der Waals surface area contributed by atoms with Crippen molar-refractivity contribution in [3.63, 3.8) is 0 Å². The van der Waals surface area contributed by atoms with Crippen LogP contribution in [0.4, 0.5) is 0 Å². The van der Waals surface area contributed by atoms with E-state index in [1.54, 1.807) is 0 Å². The molecule has 0 unspecified atom stereocenters. The van der Waals surface area contributed by atoms with E-state index in [1.165, 1.54) is 83.5 Å². The minimum atomic E-state index is 0.566. The van der Waals surface area contributed by atoms with Crippen LogP contribution in [0, 0.1) is 0 Å². The Morgan fingerprint density at radius 3 is 0.692 bits per heavy atom. The molecule has 7 nitrogen and oxygen atoms in total. The number of ether oxygens (including phenoxy) is 7. The van der Waals surface area contributed by atoms with Gasteiger partial charge in [-0.15, -0.1) is 0 Å². The van der Waals surface area contributed by atoms with Crippen LogP contribution in [0.5, 0.6) is 0 Å². The smallest absolute Gasteiger partial charge is 0.0701 e. The molecule has 39 heavy (non-hydrogen) atoms. The third-order valence-electron chi connectivity index (χ3n) is 6.52. The molecule has 0 saturated heterocycles. The Labute approximate surface area is 242 Å². The fourth-order valence-electron chi connectivity index (χ4n) is 4.07. The molecule has 0 fully saturated rings. The van der Waals surface area contributed by atoms with Crippen molar-refractivity contribution in [2.75, 3.05) is 92.5 Å². The largest absolute Gasteiger partial charge is 0.379 e. The SMILES string of the molecule is CCCCCCCCCCCCCCCCOCCOCCOCCOCCOCCOCCOCCCC. The summed E-state index contributed by atoms with van der Waals surface area (Å²) in [6.45, 7) is 13.3. The van der Waals surface area contributed by atoms with Gasteiger partial charge in [0.25, 0.3) is 0 Å². The third-order valence-corrected chi connectivity index (χ3v) is 6.52. The maximum absolute atomic E-state index is 5.67. The Kier molecular flexibility index (Phi) is 37.4. The van der Waals surface area contributed by atoms with Crippen molar-refractivity contribution in [3.8, 4) is 0 Å². The van der Waals surface area contributed by atoms with Gasteiger partial charge in [-0.1, -0.05) is 104 Å². The Balaban J connectivity index is 3.01. The first-order chi connectivity index (χ1) is 19.4. The summed E-state index contributed by atoms with van der Waals surface area (Å²) in [5.74, 6) is 0. The summed E-state index contributed by atoms with van der Waals surface area (Å²) in [5, 5.41) is 0. The zero-order chi connectivity index (χ0) is 28.2. The minimum Gasteiger partial charge on any atom is -0.379 e. The number of hydrogen-bond donors (Lipinski definition) is 0. The van der Waals surface area contributed by atoms with E-state index in [0.717, 1.165) is 32.5 Å². The van der Waals surface area contributed by atoms with Gasteiger partial charge < -0.3 is 33.2 Å². The molecule has 0 amide bonds. The van der Waals surface area contributed by atoms with Gasteiger partial charge in [0, 0.05) is 13.2 Å². The van der Waals surface area contributed by atoms with E-state index >= 15 is 0 Å². The number of hydrogen-bond acceptors (Lipinski definition) is 7. The van der Waals surface area contributed by atoms with Crippen LogP contribution in [0.25, 0.3) is 0 Å². The molecule has 0 aromatic heterocycles. The number of unbranched alkanes of at least 4 members (excludes halogenated alkanes) is 14. The monoisotopic (exact) mass is 562 g/mol. The first kappa shape index (κ1) is 38.7. The van der Waals surface area contributed by atoms with Gasteiger partial charge in [0.15, 0.2) is 0 Å². The Morgan fingerprint density at radius 2 is 0.410 bits per heavy atom. The quantitative estimate of drug-likeness (QED) is 0.0738. The molecule has 0 aliphatic rings. The molecular formula is C32H66O7. The van der Waals surface area contributed by atoms with Crippen LogP contribution in [0.1, 0.15) is 117 Å². The molecule has 7 heteroatoms. The van der Waals surface area contributed by atoms with Gasteiger partial charge >= 0.3 is 0 Å². The second kappa shape index (κ2) is 37.7. The molecule has 0 spiro atoms. The van der Waals surface area contributed by atoms with Crippen LogP contribution in [-0.4, -0.2) is 92.5 Å². The average Bonchev–Trinajstić information content (AvgIpc) is 2.95. The highest BCUT2D eigenvalue weighted by Crippen LogP contribution is 2.12. The third kappa shape index (κ3) is 37.7. The zero-order valence-electron chi connectivity index (χ0n) is 26.1. The van der Waals surface area contributed by atoms with Crippen LogP contribution in [0.15, 0.2) is 0 Å². The van der Waals surface area contributed by atoms with Crippen molar-refractivity contribution >= 4 is 0 Å². The molecule has 0 rings (SSSR count). The van der Waals surface area contributed by atoms with Gasteiger partial charge in [-0.2, -0.15) is 0 Å². The molecule has 0 aromatic rings. The lowest BCUT2D eigenvalue weighted by Crippen LogP contribution is -2.14. The lowest BCUT2D eigenvalue weighted by Gasteiger charge is -2.08. The molecule has 0 aliphatic heterocycles. The molecule has 0 bridgehead atoms. The van der Waals surface area contributed by atoms with Crippen LogP contribution >= 0.6 is 0 Å². The predicted molar refractivity (Wildman–Crippen MR) is 161 cm³/mol. The summed E-state index contributed by atoms with van der Waals surface area (Å²) in [6.07, 6.45) is 21.6. The van der Waals surface area contributed by atoms with E-state index in [0.29, 0.717) is 79.3 Å². The van der Waals surface area contributed by atoms with Crippen molar-refractivity contribution in [2.24, 2.45) is 0 Å². The molecule has 236 valence electrons. The van der Waals surface area contributed by atoms with Crippen molar-refractivity contribution in [1.29, 1.82) is 0 Å². The predicted octanol–water partition coefficient (Wildman–Crippen LogP) is 7.38. The fraction of sp³-hybridized carbons (Fsp3) is 1.00. The fourth-order valence-corrected chi connectivity index (χ4v) is 4.07. The average molecular weight is 563 g/mol. The summed E-state index contributed by atoms with van der Waals surface area (Å²) >= 11 is 0. The van der Waals surface area contributed by atoms with Crippen LogP contribution in [0.3, 0.4) is 0 Å². The topological polar surface area (TPSA) is 64.6 Å². The first-order valence-corrected chi connectivity index (χ1v) is 16.5. The van der Waals surface area contributed by atoms with Crippen LogP contribution in [0.2, 0.25) is 0 Å². The summed E-state index contributed by atoms with van der Waals surface area (Å²) in [4.78, 5) is 0. The lowest BCUT2D eigenvalue weighted by molar-refractivity contribution is -0.0206. The molecule has 0 radical (unpaired) electrons. The summed E-state index contributed by atoms with van der Waals surface area (Å²) in [6, 6.07) is 0. The van der Waals surface area contributed by atoms with Crippen LogP contribution < -0.4 is 0 Å². The van der Waals surface area contributed by atoms with Crippen molar-refractivity contribution in [2.45, 2.75) is 117 Å². The summed E-state index contributed by atoms with van der Waals surface area (Å²) in [7, 11) is 0. The van der Waals surface area contributed by atoms with Crippen molar-refractivity contribution < 1.29 is 33.2 Å². The molecular weight excluding hydrogens is 496 g/mol. The van der Waals surface area contributed by atoms with Gasteiger partial charge in [0.05, 0.1) is 79.3 Å². The van der Waals surface area contributed by atoms with E-state index in [-0.39, 0.29) is 0 Å². The second-order valence-corrected chi connectivity index (χ2v) is 10.2. The van der Waals surface area contributed by atoms with Gasteiger partial charge in [-0.25, -0.2) is 0 Å². The lowest BCUT2D eigenvalue weighted by atomic mass is 10.0. The van der Waals surface area contributed by atoms with E-state index < -0.39 is 0 Å². The summed E-state index contributed by atoms with van der Waals surface area (Å²) < 4.78 is 38.6. The van der Waals surface area contributed by atoms with Crippen LogP contribution in [-0.2, 0) is 33.2 Å². The van der Waals surface area contributed by atoms with Gasteiger partial charge in [-0.3, -0.25) is 0 Å². The van der Waals surface area contributed by atoms with Crippen molar-refractivity contribution in [3.05, 3.63) is 0 Å². The maximum Gasteiger partial charge on any atom is 0.0701 e. The van der Waals surface area contributed by atoms with Gasteiger partial charge in [0.1, 0.15) is 0 Å². The minimum absolute atomic E-state index is 0.566. The Bertz CT molecular complexity index is 376. The zero-order valence-corrected chi connectivity index (χ0v) is 26.1. The summed E-state index contributed by atoms with van der Waals surface area (Å²) in [5.41, 5.74) is 0. The second-order valence-electron chi connectivity index (χ2n) is 10.2. The normalized spacial score (nSPS) is 11.5. The van der Waals surface area contributed by atoms with Crippen molar-refractivity contribution in [1.82, 2.24) is 0 Å². The molecule has 0 N–H and O–H groups in total. The maximum atomic E-state index is 5.67. The highest BCUT2D eigenvalue weighted by Gasteiger charge is 1.96. The molecule has 0 aliphatic carbocycles. The first-order valence-electron chi connectivity index (χ1n) is 16.5. The van der Waals surface area contributed by atoms with Gasteiger partial charge in [0.2, 0.25) is 0 Å². The molecule has 0 aromatic carbocycles. The Hall–Kier alpha value is -0.280. The molecule has 0 saturated carbocycles. The van der Waals surface area contributed by atoms with E-state index in [2.05, 4.69) is 13.8 Å². The van der Waals surface area contributed by atoms with Gasteiger partial charge in [-0.05, 0) is 12.8 Å². The van der Waals surface area contributed by atoms with E-state index in [4.69, 9.17) is 33.2 Å². The molecule has 0 heterocycles. The highest BCUT2D eigenvalue weighted by atomic mass is 16.6. The Morgan fingerprint density at radius 1 is 0.205 bits per heavy atom. The highest BCUT2D eigenvalue weighted by molar-refractivity contribution is 4.49. The number of rotatable bonds is 36. The van der Waals surface area contributed by atoms with E-state index in [1.807, 2.05) is 0 Å².